The van der Waals surface area contributed by atoms with Crippen LogP contribution in [-0.2, 0) is 0 Å². The van der Waals surface area contributed by atoms with Gasteiger partial charge in [0.1, 0.15) is 14.8 Å². The minimum absolute atomic E-state index is 1.28. The predicted molar refractivity (Wildman–Crippen MR) is 88.6 cm³/mol. The fraction of sp³-hybridized carbons (Fsp3) is 1.00. The number of halogens is 2. The molecule has 4 heteroatoms. The average Bonchev–Trinajstić information content (AvgIpc) is 2.11. The van der Waals surface area contributed by atoms with E-state index in [0.717, 1.165) is 0 Å². The van der Waals surface area contributed by atoms with Gasteiger partial charge in [-0.2, -0.15) is 22.2 Å². The summed E-state index contributed by atoms with van der Waals surface area (Å²) in [6.07, 6.45) is 9.60. The van der Waals surface area contributed by atoms with Crippen LogP contribution in [0.5, 0.6) is 0 Å². The molecule has 104 valence electrons. The minimum atomic E-state index is -1.30. The van der Waals surface area contributed by atoms with Crippen molar-refractivity contribution in [2.45, 2.75) is 83.2 Å². The Balaban J connectivity index is 3.15. The Morgan fingerprint density at radius 3 is 1.00 bits per heavy atom. The molecule has 0 bridgehead atoms. The number of hydrogen-bond donors (Lipinski definition) is 0. The Morgan fingerprint density at radius 2 is 0.765 bits per heavy atom. The van der Waals surface area contributed by atoms with Crippen molar-refractivity contribution in [3.63, 3.8) is 0 Å². The summed E-state index contributed by atoms with van der Waals surface area (Å²) in [5.74, 6) is 0. The van der Waals surface area contributed by atoms with Crippen LogP contribution in [0.1, 0.15) is 44.9 Å². The highest BCUT2D eigenvalue weighted by atomic mass is 35.6. The molecule has 0 N–H and O–H groups in total. The summed E-state index contributed by atoms with van der Waals surface area (Å²) in [5.41, 5.74) is 0. The average molecular weight is 313 g/mol. The van der Waals surface area contributed by atoms with Gasteiger partial charge in [-0.3, -0.25) is 0 Å². The molecule has 0 aromatic carbocycles. The second-order valence-electron chi connectivity index (χ2n) is 6.41. The van der Waals surface area contributed by atoms with Gasteiger partial charge in [-0.25, -0.2) is 0 Å². The van der Waals surface area contributed by atoms with Gasteiger partial charge in [0, 0.05) is 0 Å². The monoisotopic (exact) mass is 312 g/mol. The van der Waals surface area contributed by atoms with Crippen LogP contribution in [0.2, 0.25) is 38.3 Å². The van der Waals surface area contributed by atoms with E-state index in [9.17, 15) is 0 Å². The molecule has 0 fully saturated rings. The first-order valence-corrected chi connectivity index (χ1v) is 15.5. The van der Waals surface area contributed by atoms with Gasteiger partial charge in [-0.05, 0) is 12.1 Å². The van der Waals surface area contributed by atoms with Gasteiger partial charge >= 0.3 is 0 Å². The molecule has 17 heavy (non-hydrogen) atoms. The van der Waals surface area contributed by atoms with Crippen LogP contribution >= 0.6 is 22.2 Å². The Morgan fingerprint density at radius 1 is 0.529 bits per heavy atom. The Bertz CT molecular complexity index is 163. The zero-order valence-electron chi connectivity index (χ0n) is 12.1. The van der Waals surface area contributed by atoms with E-state index in [0.29, 0.717) is 0 Å². The molecule has 0 saturated carbocycles. The van der Waals surface area contributed by atoms with E-state index in [4.69, 9.17) is 22.2 Å². The molecule has 0 unspecified atom stereocenters. The Kier molecular flexibility index (Phi) is 9.54. The zero-order valence-corrected chi connectivity index (χ0v) is 15.6. The lowest BCUT2D eigenvalue weighted by Crippen LogP contribution is -2.15. The first-order chi connectivity index (χ1) is 7.71. The highest BCUT2D eigenvalue weighted by molar-refractivity contribution is 7.19. The summed E-state index contributed by atoms with van der Waals surface area (Å²) in [6, 6.07) is 2.56. The van der Waals surface area contributed by atoms with Gasteiger partial charge < -0.3 is 0 Å². The molecule has 0 aliphatic rings. The molecule has 0 atom stereocenters. The van der Waals surface area contributed by atoms with E-state index >= 15 is 0 Å². The molecule has 0 aliphatic heterocycles. The van der Waals surface area contributed by atoms with E-state index in [1.54, 1.807) is 0 Å². The van der Waals surface area contributed by atoms with Crippen molar-refractivity contribution in [2.24, 2.45) is 0 Å². The van der Waals surface area contributed by atoms with Crippen LogP contribution in [0.25, 0.3) is 0 Å². The normalized spacial score (nSPS) is 13.1. The highest BCUT2D eigenvalue weighted by Gasteiger charge is 2.16. The molecule has 0 radical (unpaired) electrons. The van der Waals surface area contributed by atoms with E-state index < -0.39 is 14.8 Å². The highest BCUT2D eigenvalue weighted by Crippen LogP contribution is 2.21. The van der Waals surface area contributed by atoms with Gasteiger partial charge in [-0.15, -0.1) is 0 Å². The molecular weight excluding hydrogens is 283 g/mol. The Hall–Kier alpha value is 1.01. The maximum atomic E-state index is 6.29. The van der Waals surface area contributed by atoms with Gasteiger partial charge in [0.2, 0.25) is 0 Å². The quantitative estimate of drug-likeness (QED) is 0.242. The van der Waals surface area contributed by atoms with Gasteiger partial charge in [0.15, 0.2) is 0 Å². The van der Waals surface area contributed by atoms with Gasteiger partial charge in [0.05, 0.1) is 0 Å². The maximum Gasteiger partial charge on any atom is 0.150 e. The molecular formula is C13H30Cl2Si2. The lowest BCUT2D eigenvalue weighted by molar-refractivity contribution is 0.599. The largest absolute Gasteiger partial charge is 0.168 e. The van der Waals surface area contributed by atoms with Crippen LogP contribution in [0.3, 0.4) is 0 Å². The van der Waals surface area contributed by atoms with Gasteiger partial charge in [-0.1, -0.05) is 71.1 Å². The van der Waals surface area contributed by atoms with Crippen LogP contribution in [-0.4, -0.2) is 14.8 Å². The smallest absolute Gasteiger partial charge is 0.150 e. The number of hydrogen-bond acceptors (Lipinski definition) is 0. The molecule has 0 rings (SSSR count). The van der Waals surface area contributed by atoms with Crippen molar-refractivity contribution in [3.8, 4) is 0 Å². The molecule has 0 amide bonds. The fourth-order valence-corrected chi connectivity index (χ4v) is 4.96. The maximum absolute atomic E-state index is 6.29. The minimum Gasteiger partial charge on any atom is -0.168 e. The zero-order chi connectivity index (χ0) is 13.4. The van der Waals surface area contributed by atoms with Crippen molar-refractivity contribution in [3.05, 3.63) is 0 Å². The van der Waals surface area contributed by atoms with Crippen molar-refractivity contribution in [2.75, 3.05) is 0 Å². The summed E-state index contributed by atoms with van der Waals surface area (Å²) >= 11 is 12.6. The third kappa shape index (κ3) is 17.0. The van der Waals surface area contributed by atoms with Crippen LogP contribution < -0.4 is 0 Å². The molecule has 0 nitrogen and oxygen atoms in total. The van der Waals surface area contributed by atoms with Crippen LogP contribution in [0, 0.1) is 0 Å². The molecule has 0 aromatic rings. The second kappa shape index (κ2) is 9.00. The third-order valence-electron chi connectivity index (χ3n) is 3.04. The summed E-state index contributed by atoms with van der Waals surface area (Å²) in [7, 11) is -2.59. The number of unbranched alkanes of at least 4 members (excludes halogenated alkanes) is 6. The SMILES string of the molecule is C[Si](C)(Cl)CCCCCCCCC[Si](C)(C)Cl. The Labute approximate surface area is 120 Å². The van der Waals surface area contributed by atoms with E-state index in [-0.39, 0.29) is 0 Å². The third-order valence-corrected chi connectivity index (χ3v) is 7.26. The number of rotatable bonds is 10. The predicted octanol–water partition coefficient (Wildman–Crippen LogP) is 6.60. The van der Waals surface area contributed by atoms with E-state index in [1.165, 1.54) is 57.0 Å². The second-order valence-corrected chi connectivity index (χ2v) is 20.4. The van der Waals surface area contributed by atoms with Crippen LogP contribution in [0.4, 0.5) is 0 Å². The lowest BCUT2D eigenvalue weighted by Gasteiger charge is -2.12. The van der Waals surface area contributed by atoms with Crippen molar-refractivity contribution >= 4 is 36.9 Å². The molecule has 0 saturated heterocycles. The van der Waals surface area contributed by atoms with Crippen molar-refractivity contribution in [1.29, 1.82) is 0 Å². The first-order valence-electron chi connectivity index (χ1n) is 7.09. The summed E-state index contributed by atoms with van der Waals surface area (Å²) in [4.78, 5) is 0. The van der Waals surface area contributed by atoms with E-state index in [2.05, 4.69) is 26.2 Å². The van der Waals surface area contributed by atoms with Crippen LogP contribution in [0.15, 0.2) is 0 Å². The molecule has 0 aliphatic carbocycles. The molecule has 0 heterocycles. The van der Waals surface area contributed by atoms with Gasteiger partial charge in [0.25, 0.3) is 0 Å². The standard InChI is InChI=1S/C13H30Cl2Si2/c1-16(2,14)12-10-8-6-5-7-9-11-13-17(3,4)15/h5-13H2,1-4H3. The topological polar surface area (TPSA) is 0 Å². The summed E-state index contributed by atoms with van der Waals surface area (Å²) < 4.78 is 0. The molecule has 0 aromatic heterocycles. The first kappa shape index (κ1) is 18.0. The summed E-state index contributed by atoms with van der Waals surface area (Å²) in [6.45, 7) is 8.97. The van der Waals surface area contributed by atoms with Crippen molar-refractivity contribution < 1.29 is 0 Å². The lowest BCUT2D eigenvalue weighted by atomic mass is 10.1. The summed E-state index contributed by atoms with van der Waals surface area (Å²) in [5, 5.41) is 0. The molecule has 0 spiro atoms. The van der Waals surface area contributed by atoms with E-state index in [1.807, 2.05) is 0 Å². The fourth-order valence-electron chi connectivity index (χ4n) is 1.97. The van der Waals surface area contributed by atoms with Crippen molar-refractivity contribution in [1.82, 2.24) is 0 Å².